The van der Waals surface area contributed by atoms with Gasteiger partial charge in [-0.15, -0.1) is 0 Å². The Labute approximate surface area is 67.6 Å². The third kappa shape index (κ3) is 1.71. The van der Waals surface area contributed by atoms with Crippen LogP contribution in [-0.4, -0.2) is 17.6 Å². The van der Waals surface area contributed by atoms with E-state index in [0.717, 1.165) is 0 Å². The van der Waals surface area contributed by atoms with E-state index in [2.05, 4.69) is 0 Å². The van der Waals surface area contributed by atoms with Crippen molar-refractivity contribution in [2.45, 2.75) is 27.7 Å². The lowest BCUT2D eigenvalue weighted by molar-refractivity contribution is -0.133. The molecule has 0 aliphatic carbocycles. The van der Waals surface area contributed by atoms with Crippen LogP contribution in [0.15, 0.2) is 0 Å². The molecule has 0 aromatic heterocycles. The van der Waals surface area contributed by atoms with Crippen molar-refractivity contribution in [3.8, 4) is 0 Å². The zero-order valence-electron chi connectivity index (χ0n) is 7.64. The molecule has 0 spiro atoms. The summed E-state index contributed by atoms with van der Waals surface area (Å²) >= 11 is 0. The molecule has 66 valence electrons. The molecule has 0 atom stereocenters. The van der Waals surface area contributed by atoms with Crippen LogP contribution in [0.1, 0.15) is 27.7 Å². The highest BCUT2D eigenvalue weighted by atomic mass is 16.3. The molecule has 0 saturated heterocycles. The maximum atomic E-state index is 10.9. The zero-order valence-corrected chi connectivity index (χ0v) is 7.64. The Morgan fingerprint density at radius 3 is 1.82 bits per heavy atom. The SMILES string of the molecule is CC(C)(CO)C(C)(C)C(N)=O. The van der Waals surface area contributed by atoms with Gasteiger partial charge in [0.15, 0.2) is 0 Å². The molecular weight excluding hydrogens is 142 g/mol. The number of primary amides is 1. The van der Waals surface area contributed by atoms with E-state index in [4.69, 9.17) is 10.8 Å². The number of rotatable bonds is 3. The van der Waals surface area contributed by atoms with Gasteiger partial charge in [0.25, 0.3) is 0 Å². The molecule has 0 radical (unpaired) electrons. The first kappa shape index (κ1) is 10.4. The highest BCUT2D eigenvalue weighted by molar-refractivity contribution is 5.80. The molecule has 1 amide bonds. The van der Waals surface area contributed by atoms with Crippen molar-refractivity contribution in [2.75, 3.05) is 6.61 Å². The number of hydrogen-bond acceptors (Lipinski definition) is 2. The molecule has 0 bridgehead atoms. The topological polar surface area (TPSA) is 63.3 Å². The van der Waals surface area contributed by atoms with E-state index in [0.29, 0.717) is 0 Å². The van der Waals surface area contributed by atoms with E-state index >= 15 is 0 Å². The minimum absolute atomic E-state index is 0.0388. The van der Waals surface area contributed by atoms with Crippen molar-refractivity contribution < 1.29 is 9.90 Å². The molecule has 0 aromatic rings. The number of aliphatic hydroxyl groups is 1. The lowest BCUT2D eigenvalue weighted by Crippen LogP contribution is -2.45. The van der Waals surface area contributed by atoms with E-state index in [9.17, 15) is 4.79 Å². The Bertz CT molecular complexity index is 161. The minimum Gasteiger partial charge on any atom is -0.396 e. The van der Waals surface area contributed by atoms with Gasteiger partial charge in [-0.3, -0.25) is 4.79 Å². The Kier molecular flexibility index (Phi) is 2.67. The summed E-state index contributed by atoms with van der Waals surface area (Å²) in [5, 5.41) is 8.97. The van der Waals surface area contributed by atoms with Crippen molar-refractivity contribution in [3.63, 3.8) is 0 Å². The molecule has 0 fully saturated rings. The molecule has 0 aliphatic rings. The molecule has 0 unspecified atom stereocenters. The average Bonchev–Trinajstić information content (AvgIpc) is 1.87. The fourth-order valence-electron chi connectivity index (χ4n) is 0.531. The lowest BCUT2D eigenvalue weighted by Gasteiger charge is -2.37. The monoisotopic (exact) mass is 159 g/mol. The van der Waals surface area contributed by atoms with Gasteiger partial charge in [0.2, 0.25) is 5.91 Å². The van der Waals surface area contributed by atoms with Gasteiger partial charge in [-0.2, -0.15) is 0 Å². The summed E-state index contributed by atoms with van der Waals surface area (Å²) < 4.78 is 0. The van der Waals surface area contributed by atoms with E-state index in [1.165, 1.54) is 0 Å². The summed E-state index contributed by atoms with van der Waals surface area (Å²) in [5.74, 6) is -0.378. The van der Waals surface area contributed by atoms with Gasteiger partial charge in [-0.05, 0) is 0 Å². The van der Waals surface area contributed by atoms with E-state index < -0.39 is 10.8 Å². The smallest absolute Gasteiger partial charge is 0.223 e. The van der Waals surface area contributed by atoms with Crippen LogP contribution in [0.4, 0.5) is 0 Å². The Balaban J connectivity index is 4.67. The van der Waals surface area contributed by atoms with Crippen LogP contribution in [0, 0.1) is 10.8 Å². The second kappa shape index (κ2) is 2.81. The van der Waals surface area contributed by atoms with Crippen LogP contribution < -0.4 is 5.73 Å². The van der Waals surface area contributed by atoms with Gasteiger partial charge < -0.3 is 10.8 Å². The predicted molar refractivity (Wildman–Crippen MR) is 43.8 cm³/mol. The zero-order chi connectivity index (χ0) is 9.28. The van der Waals surface area contributed by atoms with E-state index in [-0.39, 0.29) is 12.5 Å². The predicted octanol–water partition coefficient (Wildman–Crippen LogP) is 0.516. The quantitative estimate of drug-likeness (QED) is 0.630. The number of hydrogen-bond donors (Lipinski definition) is 2. The molecule has 0 saturated carbocycles. The third-order valence-corrected chi connectivity index (χ3v) is 2.70. The second-order valence-electron chi connectivity index (χ2n) is 4.03. The van der Waals surface area contributed by atoms with Gasteiger partial charge in [-0.25, -0.2) is 0 Å². The first-order valence-corrected chi connectivity index (χ1v) is 3.66. The largest absolute Gasteiger partial charge is 0.396 e. The Morgan fingerprint density at radius 1 is 1.36 bits per heavy atom. The molecule has 0 rings (SSSR count). The standard InChI is InChI=1S/C8H17NO2/c1-7(2,5-10)8(3,4)6(9)11/h10H,5H2,1-4H3,(H2,9,11). The molecule has 3 heteroatoms. The number of amides is 1. The van der Waals surface area contributed by atoms with Crippen molar-refractivity contribution in [1.29, 1.82) is 0 Å². The highest BCUT2D eigenvalue weighted by Gasteiger charge is 2.41. The number of nitrogens with two attached hydrogens (primary N) is 1. The number of carbonyl (C=O) groups is 1. The van der Waals surface area contributed by atoms with Crippen molar-refractivity contribution in [1.82, 2.24) is 0 Å². The molecule has 0 heterocycles. The minimum atomic E-state index is -0.665. The number of aliphatic hydroxyl groups excluding tert-OH is 1. The fraction of sp³-hybridized carbons (Fsp3) is 0.875. The van der Waals surface area contributed by atoms with Crippen LogP contribution >= 0.6 is 0 Å². The molecular formula is C8H17NO2. The summed E-state index contributed by atoms with van der Waals surface area (Å²) in [4.78, 5) is 10.9. The van der Waals surface area contributed by atoms with Gasteiger partial charge >= 0.3 is 0 Å². The van der Waals surface area contributed by atoms with Crippen LogP contribution in [0.25, 0.3) is 0 Å². The van der Waals surface area contributed by atoms with Crippen LogP contribution in [0.5, 0.6) is 0 Å². The molecule has 3 nitrogen and oxygen atoms in total. The summed E-state index contributed by atoms with van der Waals surface area (Å²) in [7, 11) is 0. The third-order valence-electron chi connectivity index (χ3n) is 2.70. The van der Waals surface area contributed by atoms with Crippen LogP contribution in [0.3, 0.4) is 0 Å². The van der Waals surface area contributed by atoms with E-state index in [1.54, 1.807) is 13.8 Å². The van der Waals surface area contributed by atoms with E-state index in [1.807, 2.05) is 13.8 Å². The number of carbonyl (C=O) groups excluding carboxylic acids is 1. The molecule has 0 aromatic carbocycles. The maximum absolute atomic E-state index is 10.9. The van der Waals surface area contributed by atoms with Crippen LogP contribution in [-0.2, 0) is 4.79 Å². The highest BCUT2D eigenvalue weighted by Crippen LogP contribution is 2.37. The normalized spacial score (nSPS) is 13.2. The molecule has 0 aliphatic heterocycles. The first-order chi connectivity index (χ1) is 4.75. The lowest BCUT2D eigenvalue weighted by atomic mass is 9.68. The van der Waals surface area contributed by atoms with Gasteiger partial charge in [0.1, 0.15) is 0 Å². The summed E-state index contributed by atoms with van der Waals surface area (Å²) in [6.07, 6.45) is 0. The van der Waals surface area contributed by atoms with Gasteiger partial charge in [0, 0.05) is 12.0 Å². The Morgan fingerprint density at radius 2 is 1.73 bits per heavy atom. The van der Waals surface area contributed by atoms with Crippen molar-refractivity contribution >= 4 is 5.91 Å². The van der Waals surface area contributed by atoms with Crippen LogP contribution in [0.2, 0.25) is 0 Å². The van der Waals surface area contributed by atoms with Gasteiger partial charge in [-0.1, -0.05) is 27.7 Å². The summed E-state index contributed by atoms with van der Waals surface area (Å²) in [6.45, 7) is 7.08. The summed E-state index contributed by atoms with van der Waals surface area (Å²) in [5.41, 5.74) is 4.06. The maximum Gasteiger partial charge on any atom is 0.223 e. The van der Waals surface area contributed by atoms with Crippen molar-refractivity contribution in [3.05, 3.63) is 0 Å². The van der Waals surface area contributed by atoms with Gasteiger partial charge in [0.05, 0.1) is 5.41 Å². The summed E-state index contributed by atoms with van der Waals surface area (Å²) in [6, 6.07) is 0. The molecule has 11 heavy (non-hydrogen) atoms. The second-order valence-corrected chi connectivity index (χ2v) is 4.03. The fourth-order valence-corrected chi connectivity index (χ4v) is 0.531. The molecule has 3 N–H and O–H groups in total. The average molecular weight is 159 g/mol. The first-order valence-electron chi connectivity index (χ1n) is 3.66. The van der Waals surface area contributed by atoms with Crippen molar-refractivity contribution in [2.24, 2.45) is 16.6 Å². The Hall–Kier alpha value is -0.570.